The summed E-state index contributed by atoms with van der Waals surface area (Å²) < 4.78 is 0. The molecular weight excluding hydrogens is 366 g/mol. The second-order valence-electron chi connectivity index (χ2n) is 11.8. The Labute approximate surface area is 176 Å². The lowest BCUT2D eigenvalue weighted by Gasteiger charge is -2.37. The van der Waals surface area contributed by atoms with E-state index in [2.05, 4.69) is 39.9 Å². The van der Waals surface area contributed by atoms with Gasteiger partial charge in [-0.05, 0) is 59.3 Å². The molecule has 1 unspecified atom stereocenters. The number of nitrogens with zero attached hydrogens (tertiary/aromatic N) is 2. The van der Waals surface area contributed by atoms with E-state index >= 15 is 0 Å². The monoisotopic (exact) mass is 407 g/mol. The van der Waals surface area contributed by atoms with Crippen LogP contribution in [0.25, 0.3) is 0 Å². The molecule has 2 aliphatic heterocycles. The van der Waals surface area contributed by atoms with Crippen LogP contribution in [0.15, 0.2) is 0 Å². The molecule has 2 fully saturated rings. The second-order valence-corrected chi connectivity index (χ2v) is 11.8. The van der Waals surface area contributed by atoms with E-state index in [1.165, 1.54) is 0 Å². The minimum absolute atomic E-state index is 0.0467. The average molecular weight is 408 g/mol. The number of hydrogen-bond acceptors (Lipinski definition) is 3. The van der Waals surface area contributed by atoms with Gasteiger partial charge in [0.25, 0.3) is 0 Å². The molecule has 0 aromatic rings. The van der Waals surface area contributed by atoms with Crippen molar-refractivity contribution in [2.24, 2.45) is 17.3 Å². The van der Waals surface area contributed by atoms with Crippen LogP contribution in [0.4, 0.5) is 0 Å². The van der Waals surface area contributed by atoms with Gasteiger partial charge in [0.1, 0.15) is 0 Å². The van der Waals surface area contributed by atoms with Crippen LogP contribution in [-0.2, 0) is 14.4 Å². The van der Waals surface area contributed by atoms with Crippen LogP contribution in [0.5, 0.6) is 0 Å². The lowest BCUT2D eigenvalue weighted by molar-refractivity contribution is -0.139. The predicted molar refractivity (Wildman–Crippen MR) is 115 cm³/mol. The third-order valence-corrected chi connectivity index (χ3v) is 5.90. The zero-order chi connectivity index (χ0) is 22.2. The minimum Gasteiger partial charge on any atom is -0.351 e. The summed E-state index contributed by atoms with van der Waals surface area (Å²) in [4.78, 5) is 41.7. The van der Waals surface area contributed by atoms with Crippen molar-refractivity contribution in [3.63, 3.8) is 0 Å². The lowest BCUT2D eigenvalue weighted by Crippen LogP contribution is -2.51. The van der Waals surface area contributed by atoms with Crippen molar-refractivity contribution >= 4 is 17.7 Å². The standard InChI is InChI=1S/C23H41N3O3/c1-21(2,3)15-23(7,8)24-19(28)16-9-11-25(12-10-16)20(29)17-13-18(27)26(14-17)22(4,5)6/h16-17H,9-15H2,1-8H3,(H,24,28). The number of hydrogen-bond donors (Lipinski definition) is 1. The first-order valence-corrected chi connectivity index (χ1v) is 11.0. The fraction of sp³-hybridized carbons (Fsp3) is 0.870. The maximum absolute atomic E-state index is 12.9. The molecule has 0 radical (unpaired) electrons. The van der Waals surface area contributed by atoms with E-state index in [0.29, 0.717) is 38.9 Å². The van der Waals surface area contributed by atoms with Crippen LogP contribution in [0.2, 0.25) is 0 Å². The van der Waals surface area contributed by atoms with Gasteiger partial charge in [0.05, 0.1) is 5.92 Å². The van der Waals surface area contributed by atoms with Gasteiger partial charge in [0, 0.05) is 43.1 Å². The molecule has 0 aliphatic carbocycles. The van der Waals surface area contributed by atoms with Gasteiger partial charge >= 0.3 is 0 Å². The van der Waals surface area contributed by atoms with Gasteiger partial charge in [-0.25, -0.2) is 0 Å². The van der Waals surface area contributed by atoms with Gasteiger partial charge in [-0.1, -0.05) is 20.8 Å². The number of nitrogens with one attached hydrogen (secondary N) is 1. The van der Waals surface area contributed by atoms with Gasteiger partial charge < -0.3 is 15.1 Å². The van der Waals surface area contributed by atoms with E-state index in [1.807, 2.05) is 30.6 Å². The van der Waals surface area contributed by atoms with Crippen molar-refractivity contribution in [2.45, 2.75) is 92.2 Å². The predicted octanol–water partition coefficient (Wildman–Crippen LogP) is 3.20. The summed E-state index contributed by atoms with van der Waals surface area (Å²) in [7, 11) is 0. The summed E-state index contributed by atoms with van der Waals surface area (Å²) in [5.41, 5.74) is -0.355. The Bertz CT molecular complexity index is 635. The molecule has 166 valence electrons. The molecule has 0 aromatic heterocycles. The third kappa shape index (κ3) is 6.45. The molecular formula is C23H41N3O3. The quantitative estimate of drug-likeness (QED) is 0.778. The Morgan fingerprint density at radius 2 is 1.52 bits per heavy atom. The number of rotatable bonds is 4. The molecule has 29 heavy (non-hydrogen) atoms. The van der Waals surface area contributed by atoms with Crippen molar-refractivity contribution in [1.82, 2.24) is 15.1 Å². The van der Waals surface area contributed by atoms with Crippen molar-refractivity contribution in [3.05, 3.63) is 0 Å². The first kappa shape index (κ1) is 23.7. The molecule has 0 spiro atoms. The van der Waals surface area contributed by atoms with Crippen LogP contribution in [0.1, 0.15) is 81.1 Å². The number of carbonyl (C=O) groups is 3. The van der Waals surface area contributed by atoms with E-state index in [1.54, 1.807) is 0 Å². The fourth-order valence-electron chi connectivity index (χ4n) is 4.95. The molecule has 6 heteroatoms. The highest BCUT2D eigenvalue weighted by Crippen LogP contribution is 2.30. The smallest absolute Gasteiger partial charge is 0.227 e. The lowest BCUT2D eigenvalue weighted by atomic mass is 9.81. The topological polar surface area (TPSA) is 69.7 Å². The highest BCUT2D eigenvalue weighted by atomic mass is 16.2. The summed E-state index contributed by atoms with van der Waals surface area (Å²) in [6.07, 6.45) is 2.58. The summed E-state index contributed by atoms with van der Waals surface area (Å²) in [6, 6.07) is 0. The van der Waals surface area contributed by atoms with Gasteiger partial charge in [-0.3, -0.25) is 14.4 Å². The molecule has 0 aromatic carbocycles. The van der Waals surface area contributed by atoms with Crippen molar-refractivity contribution in [3.8, 4) is 0 Å². The molecule has 2 rings (SSSR count). The van der Waals surface area contributed by atoms with E-state index < -0.39 is 0 Å². The molecule has 6 nitrogen and oxygen atoms in total. The second kappa shape index (κ2) is 8.27. The molecule has 1 N–H and O–H groups in total. The van der Waals surface area contributed by atoms with Crippen LogP contribution in [0, 0.1) is 17.3 Å². The van der Waals surface area contributed by atoms with Gasteiger partial charge in [0.15, 0.2) is 0 Å². The molecule has 2 heterocycles. The fourth-order valence-corrected chi connectivity index (χ4v) is 4.95. The van der Waals surface area contributed by atoms with E-state index in [0.717, 1.165) is 6.42 Å². The maximum Gasteiger partial charge on any atom is 0.227 e. The Balaban J connectivity index is 1.87. The third-order valence-electron chi connectivity index (χ3n) is 5.90. The van der Waals surface area contributed by atoms with Crippen molar-refractivity contribution < 1.29 is 14.4 Å². The van der Waals surface area contributed by atoms with Gasteiger partial charge in [0.2, 0.25) is 17.7 Å². The Morgan fingerprint density at radius 1 is 0.966 bits per heavy atom. The summed E-state index contributed by atoms with van der Waals surface area (Å²) in [6.45, 7) is 18.4. The normalized spacial score (nSPS) is 22.2. The number of amides is 3. The molecule has 0 bridgehead atoms. The Morgan fingerprint density at radius 3 is 1.97 bits per heavy atom. The molecule has 1 atom stereocenters. The Hall–Kier alpha value is -1.59. The number of piperidine rings is 1. The maximum atomic E-state index is 12.9. The summed E-state index contributed by atoms with van der Waals surface area (Å²) in [5, 5.41) is 3.22. The largest absolute Gasteiger partial charge is 0.351 e. The van der Waals surface area contributed by atoms with Crippen molar-refractivity contribution in [2.75, 3.05) is 19.6 Å². The highest BCUT2D eigenvalue weighted by molar-refractivity contribution is 5.90. The first-order valence-electron chi connectivity index (χ1n) is 11.0. The first-order chi connectivity index (χ1) is 13.1. The SMILES string of the molecule is CC(C)(C)CC(C)(C)NC(=O)C1CCN(C(=O)C2CC(=O)N(C(C)(C)C)C2)CC1. The molecule has 3 amide bonds. The number of likely N-dealkylation sites (tertiary alicyclic amines) is 2. The highest BCUT2D eigenvalue weighted by Gasteiger charge is 2.41. The van der Waals surface area contributed by atoms with E-state index in [9.17, 15) is 14.4 Å². The number of carbonyl (C=O) groups excluding carboxylic acids is 3. The van der Waals surface area contributed by atoms with Crippen LogP contribution >= 0.6 is 0 Å². The van der Waals surface area contributed by atoms with E-state index in [-0.39, 0.29) is 46.1 Å². The summed E-state index contributed by atoms with van der Waals surface area (Å²) in [5.74, 6) is -0.0723. The zero-order valence-corrected chi connectivity index (χ0v) is 19.7. The zero-order valence-electron chi connectivity index (χ0n) is 19.7. The van der Waals surface area contributed by atoms with E-state index in [4.69, 9.17) is 0 Å². The molecule has 0 saturated carbocycles. The minimum atomic E-state index is -0.253. The van der Waals surface area contributed by atoms with Crippen molar-refractivity contribution in [1.29, 1.82) is 0 Å². The van der Waals surface area contributed by atoms with Crippen LogP contribution in [0.3, 0.4) is 0 Å². The van der Waals surface area contributed by atoms with Gasteiger partial charge in [-0.15, -0.1) is 0 Å². The summed E-state index contributed by atoms with van der Waals surface area (Å²) >= 11 is 0. The van der Waals surface area contributed by atoms with Crippen LogP contribution < -0.4 is 5.32 Å². The molecule has 2 saturated heterocycles. The molecule has 2 aliphatic rings. The Kier molecular flexibility index (Phi) is 6.75. The van der Waals surface area contributed by atoms with Crippen LogP contribution in [-0.4, -0.2) is 58.2 Å². The van der Waals surface area contributed by atoms with Gasteiger partial charge in [-0.2, -0.15) is 0 Å². The average Bonchev–Trinajstić information content (AvgIpc) is 2.93.